The SMILES string of the molecule is Cc1ccc([C@@H](C)NC(=O)CN=C2NS(=O)(=O)c3ccccc32)o1. The number of benzene rings is 1. The number of hydrogen-bond donors (Lipinski definition) is 2. The Labute approximate surface area is 139 Å². The zero-order chi connectivity index (χ0) is 17.3. The molecule has 0 saturated heterocycles. The van der Waals surface area contributed by atoms with Gasteiger partial charge in [0.25, 0.3) is 10.0 Å². The van der Waals surface area contributed by atoms with Crippen molar-refractivity contribution in [3.63, 3.8) is 0 Å². The van der Waals surface area contributed by atoms with Crippen LogP contribution in [0.4, 0.5) is 0 Å². The Kier molecular flexibility index (Phi) is 4.15. The minimum atomic E-state index is -3.59. The number of rotatable bonds is 4. The van der Waals surface area contributed by atoms with Crippen molar-refractivity contribution in [2.75, 3.05) is 6.54 Å². The molecule has 1 aromatic heterocycles. The van der Waals surface area contributed by atoms with Crippen LogP contribution < -0.4 is 10.0 Å². The molecular weight excluding hydrogens is 330 g/mol. The number of amidine groups is 1. The van der Waals surface area contributed by atoms with Gasteiger partial charge in [-0.15, -0.1) is 0 Å². The highest BCUT2D eigenvalue weighted by Crippen LogP contribution is 2.22. The topological polar surface area (TPSA) is 101 Å². The van der Waals surface area contributed by atoms with Crippen LogP contribution in [0.5, 0.6) is 0 Å². The maximum Gasteiger partial charge on any atom is 0.263 e. The van der Waals surface area contributed by atoms with Crippen LogP contribution >= 0.6 is 0 Å². The molecule has 1 amide bonds. The van der Waals surface area contributed by atoms with Crippen LogP contribution in [0.15, 0.2) is 50.7 Å². The van der Waals surface area contributed by atoms with E-state index in [1.807, 2.05) is 13.0 Å². The fraction of sp³-hybridized carbons (Fsp3) is 0.250. The number of hydrogen-bond acceptors (Lipinski definition) is 5. The zero-order valence-corrected chi connectivity index (χ0v) is 14.1. The van der Waals surface area contributed by atoms with Crippen LogP contribution in [0.1, 0.15) is 30.0 Å². The molecule has 2 aromatic rings. The third-order valence-electron chi connectivity index (χ3n) is 3.61. The van der Waals surface area contributed by atoms with E-state index in [0.717, 1.165) is 5.76 Å². The Morgan fingerprint density at radius 1 is 1.29 bits per heavy atom. The predicted molar refractivity (Wildman–Crippen MR) is 88.2 cm³/mol. The summed E-state index contributed by atoms with van der Waals surface area (Å²) < 4.78 is 31.8. The minimum absolute atomic E-state index is 0.170. The van der Waals surface area contributed by atoms with Gasteiger partial charge in [-0.1, -0.05) is 12.1 Å². The van der Waals surface area contributed by atoms with Crippen molar-refractivity contribution in [1.29, 1.82) is 0 Å². The van der Waals surface area contributed by atoms with Crippen LogP contribution in [0, 0.1) is 6.92 Å². The number of aryl methyl sites for hydroxylation is 1. The number of furan rings is 1. The fourth-order valence-electron chi connectivity index (χ4n) is 2.45. The molecule has 7 nitrogen and oxygen atoms in total. The van der Waals surface area contributed by atoms with Crippen molar-refractivity contribution in [3.05, 3.63) is 53.5 Å². The van der Waals surface area contributed by atoms with E-state index in [0.29, 0.717) is 11.3 Å². The number of carbonyl (C=O) groups is 1. The monoisotopic (exact) mass is 347 g/mol. The Bertz CT molecular complexity index is 915. The molecule has 0 fully saturated rings. The normalized spacial score (nSPS) is 18.0. The van der Waals surface area contributed by atoms with Crippen LogP contribution in [0.25, 0.3) is 0 Å². The molecule has 0 aliphatic carbocycles. The van der Waals surface area contributed by atoms with Gasteiger partial charge in [0.1, 0.15) is 23.9 Å². The Morgan fingerprint density at radius 3 is 2.75 bits per heavy atom. The lowest BCUT2D eigenvalue weighted by molar-refractivity contribution is -0.120. The maximum absolute atomic E-state index is 12.0. The second kappa shape index (κ2) is 6.12. The van der Waals surface area contributed by atoms with Crippen molar-refractivity contribution < 1.29 is 17.6 Å². The molecule has 1 atom stereocenters. The molecular formula is C16H17N3O4S. The molecule has 2 N–H and O–H groups in total. The van der Waals surface area contributed by atoms with Gasteiger partial charge in [-0.3, -0.25) is 14.5 Å². The average Bonchev–Trinajstić information content (AvgIpc) is 3.08. The van der Waals surface area contributed by atoms with Crippen LogP contribution in [-0.4, -0.2) is 26.7 Å². The van der Waals surface area contributed by atoms with Gasteiger partial charge in [-0.2, -0.15) is 0 Å². The predicted octanol–water partition coefficient (Wildman–Crippen LogP) is 1.50. The van der Waals surface area contributed by atoms with E-state index >= 15 is 0 Å². The highest BCUT2D eigenvalue weighted by molar-refractivity contribution is 7.90. The zero-order valence-electron chi connectivity index (χ0n) is 13.2. The number of nitrogens with one attached hydrogen (secondary N) is 2. The smallest absolute Gasteiger partial charge is 0.263 e. The van der Waals surface area contributed by atoms with Gasteiger partial charge in [0.2, 0.25) is 5.91 Å². The summed E-state index contributed by atoms with van der Waals surface area (Å²) in [4.78, 5) is 16.3. The Morgan fingerprint density at radius 2 is 2.04 bits per heavy atom. The van der Waals surface area contributed by atoms with Crippen LogP contribution in [-0.2, 0) is 14.8 Å². The van der Waals surface area contributed by atoms with Gasteiger partial charge in [-0.05, 0) is 38.1 Å². The molecule has 0 unspecified atom stereocenters. The molecule has 0 bridgehead atoms. The molecule has 24 heavy (non-hydrogen) atoms. The lowest BCUT2D eigenvalue weighted by Crippen LogP contribution is -2.30. The van der Waals surface area contributed by atoms with Crippen molar-refractivity contribution in [2.45, 2.75) is 24.8 Å². The second-order valence-corrected chi connectivity index (χ2v) is 7.15. The number of carbonyl (C=O) groups excluding carboxylic acids is 1. The number of amides is 1. The summed E-state index contributed by atoms with van der Waals surface area (Å²) in [6, 6.07) is 9.84. The fourth-order valence-corrected chi connectivity index (χ4v) is 3.70. The summed E-state index contributed by atoms with van der Waals surface area (Å²) >= 11 is 0. The molecule has 0 saturated carbocycles. The molecule has 126 valence electrons. The number of nitrogens with zero attached hydrogens (tertiary/aromatic N) is 1. The third-order valence-corrected chi connectivity index (χ3v) is 5.01. The standard InChI is InChI=1S/C16H17N3O4S/c1-10-7-8-13(23-10)11(2)18-15(20)9-17-16-12-5-3-4-6-14(12)24(21,22)19-16/h3-8,11H,9H2,1-2H3,(H,17,19)(H,18,20)/t11-/m1/s1. The first-order chi connectivity index (χ1) is 11.4. The first-order valence-electron chi connectivity index (χ1n) is 7.39. The third kappa shape index (κ3) is 3.18. The largest absolute Gasteiger partial charge is 0.464 e. The number of sulfonamides is 1. The molecule has 8 heteroatoms. The van der Waals surface area contributed by atoms with Gasteiger partial charge in [0, 0.05) is 5.56 Å². The summed E-state index contributed by atoms with van der Waals surface area (Å²) in [7, 11) is -3.59. The van der Waals surface area contributed by atoms with E-state index in [1.54, 1.807) is 31.2 Å². The Hall–Kier alpha value is -2.61. The van der Waals surface area contributed by atoms with Gasteiger partial charge in [-0.25, -0.2) is 8.42 Å². The first-order valence-corrected chi connectivity index (χ1v) is 8.87. The molecule has 1 aliphatic rings. The average molecular weight is 347 g/mol. The lowest BCUT2D eigenvalue weighted by Gasteiger charge is -2.10. The first kappa shape index (κ1) is 16.3. The summed E-state index contributed by atoms with van der Waals surface area (Å²) in [6.45, 7) is 3.45. The quantitative estimate of drug-likeness (QED) is 0.875. The highest BCUT2D eigenvalue weighted by atomic mass is 32.2. The van der Waals surface area contributed by atoms with Crippen molar-refractivity contribution in [1.82, 2.24) is 10.0 Å². The van der Waals surface area contributed by atoms with E-state index in [-0.39, 0.29) is 29.2 Å². The van der Waals surface area contributed by atoms with Gasteiger partial charge >= 0.3 is 0 Å². The number of fused-ring (bicyclic) bond motifs is 1. The molecule has 2 heterocycles. The van der Waals surface area contributed by atoms with E-state index in [9.17, 15) is 13.2 Å². The summed E-state index contributed by atoms with van der Waals surface area (Å²) in [5.74, 6) is 1.28. The van der Waals surface area contributed by atoms with E-state index in [2.05, 4.69) is 15.0 Å². The van der Waals surface area contributed by atoms with Crippen LogP contribution in [0.2, 0.25) is 0 Å². The second-order valence-electron chi connectivity index (χ2n) is 5.50. The minimum Gasteiger partial charge on any atom is -0.464 e. The van der Waals surface area contributed by atoms with Crippen molar-refractivity contribution in [2.24, 2.45) is 4.99 Å². The van der Waals surface area contributed by atoms with Crippen molar-refractivity contribution in [3.8, 4) is 0 Å². The summed E-state index contributed by atoms with van der Waals surface area (Å²) in [6.07, 6.45) is 0. The van der Waals surface area contributed by atoms with Crippen molar-refractivity contribution >= 4 is 21.8 Å². The highest BCUT2D eigenvalue weighted by Gasteiger charge is 2.30. The van der Waals surface area contributed by atoms with Gasteiger partial charge in [0.15, 0.2) is 0 Å². The molecule has 1 aliphatic heterocycles. The van der Waals surface area contributed by atoms with Gasteiger partial charge < -0.3 is 9.73 Å². The van der Waals surface area contributed by atoms with E-state index in [1.165, 1.54) is 6.07 Å². The Balaban J connectivity index is 1.69. The van der Waals surface area contributed by atoms with E-state index in [4.69, 9.17) is 4.42 Å². The maximum atomic E-state index is 12.0. The number of aliphatic imine (C=N–C) groups is 1. The lowest BCUT2D eigenvalue weighted by atomic mass is 10.2. The van der Waals surface area contributed by atoms with Gasteiger partial charge in [0.05, 0.1) is 10.9 Å². The molecule has 3 rings (SSSR count). The summed E-state index contributed by atoms with van der Waals surface area (Å²) in [5.41, 5.74) is 0.472. The van der Waals surface area contributed by atoms with E-state index < -0.39 is 10.0 Å². The summed E-state index contributed by atoms with van der Waals surface area (Å²) in [5, 5.41) is 2.76. The molecule has 0 spiro atoms. The molecule has 0 radical (unpaired) electrons. The van der Waals surface area contributed by atoms with Crippen LogP contribution in [0.3, 0.4) is 0 Å². The molecule has 1 aromatic carbocycles.